The maximum Gasteiger partial charge on any atom is 0.289 e. The van der Waals surface area contributed by atoms with Crippen molar-refractivity contribution in [3.05, 3.63) is 35.0 Å². The lowest BCUT2D eigenvalue weighted by Gasteiger charge is -2.20. The fourth-order valence-electron chi connectivity index (χ4n) is 2.73. The molecule has 21 heavy (non-hydrogen) atoms. The summed E-state index contributed by atoms with van der Waals surface area (Å²) in [4.78, 5) is 14.1. The lowest BCUT2D eigenvalue weighted by atomic mass is 10.0. The number of hydrogen-bond acceptors (Lipinski definition) is 5. The monoisotopic (exact) mass is 290 g/mol. The van der Waals surface area contributed by atoms with Crippen molar-refractivity contribution in [3.63, 3.8) is 0 Å². The number of carbonyl (C=O) groups is 1. The molecule has 0 aromatic carbocycles. The van der Waals surface area contributed by atoms with Crippen LogP contribution in [-0.4, -0.2) is 44.4 Å². The van der Waals surface area contributed by atoms with Gasteiger partial charge in [-0.2, -0.15) is 15.4 Å². The zero-order valence-corrected chi connectivity index (χ0v) is 12.1. The summed E-state index contributed by atoms with van der Waals surface area (Å²) in [6.07, 6.45) is 2.67. The molecule has 7 nitrogen and oxygen atoms in total. The predicted molar refractivity (Wildman–Crippen MR) is 73.6 cm³/mol. The number of carbonyl (C=O) groups excluding carboxylic acids is 1. The topological polar surface area (TPSA) is 95.3 Å². The number of H-pyrrole nitrogens is 1. The molecule has 7 heteroatoms. The minimum Gasteiger partial charge on any atom is -0.456 e. The molecule has 3 rings (SSSR count). The molecule has 0 bridgehead atoms. The second-order valence-corrected chi connectivity index (χ2v) is 5.43. The number of nitrogens with one attached hydrogen (secondary N) is 1. The average molecular weight is 290 g/mol. The van der Waals surface area contributed by atoms with Gasteiger partial charge in [0, 0.05) is 19.4 Å². The number of likely N-dealkylation sites (tertiary alicyclic amines) is 1. The van der Waals surface area contributed by atoms with E-state index in [2.05, 4.69) is 15.4 Å². The number of nitrogens with zero attached hydrogens (tertiary/aromatic N) is 3. The molecular weight excluding hydrogens is 272 g/mol. The van der Waals surface area contributed by atoms with Crippen molar-refractivity contribution in [3.8, 4) is 0 Å². The number of aliphatic hydroxyl groups is 1. The van der Waals surface area contributed by atoms with E-state index >= 15 is 0 Å². The minimum absolute atomic E-state index is 0.194. The Morgan fingerprint density at radius 1 is 1.62 bits per heavy atom. The number of furan rings is 1. The van der Waals surface area contributed by atoms with Crippen molar-refractivity contribution in [2.45, 2.75) is 32.3 Å². The second kappa shape index (κ2) is 5.00. The molecule has 0 unspecified atom stereocenters. The van der Waals surface area contributed by atoms with Crippen LogP contribution in [0.3, 0.4) is 0 Å². The predicted octanol–water partition coefficient (Wildman–Crippen LogP) is 1.00. The number of rotatable bonds is 3. The standard InChI is InChI=1S/C14H18N4O3/c1-3-10-9(2)6-11(21-10)13(19)18-5-4-14(20,8-18)12-7-15-17-16-12/h6-7,20H,3-5,8H2,1-2H3,(H,15,16,17)/t14-/m1/s1. The Morgan fingerprint density at radius 3 is 3.05 bits per heavy atom. The highest BCUT2D eigenvalue weighted by atomic mass is 16.4. The summed E-state index contributed by atoms with van der Waals surface area (Å²) in [5, 5.41) is 20.7. The summed E-state index contributed by atoms with van der Waals surface area (Å²) >= 11 is 0. The summed E-state index contributed by atoms with van der Waals surface area (Å²) in [5.41, 5.74) is 0.298. The van der Waals surface area contributed by atoms with Crippen LogP contribution in [0.1, 0.15) is 40.9 Å². The van der Waals surface area contributed by atoms with E-state index in [-0.39, 0.29) is 12.5 Å². The van der Waals surface area contributed by atoms with Crippen LogP contribution in [0.15, 0.2) is 16.7 Å². The van der Waals surface area contributed by atoms with Crippen LogP contribution in [-0.2, 0) is 12.0 Å². The Bertz CT molecular complexity index is 649. The molecule has 1 saturated heterocycles. The van der Waals surface area contributed by atoms with Crippen LogP contribution in [0.25, 0.3) is 0 Å². The molecule has 1 amide bonds. The van der Waals surface area contributed by atoms with Gasteiger partial charge in [0.2, 0.25) is 0 Å². The first-order chi connectivity index (χ1) is 10.0. The van der Waals surface area contributed by atoms with E-state index < -0.39 is 5.60 Å². The van der Waals surface area contributed by atoms with Gasteiger partial charge in [-0.05, 0) is 18.6 Å². The van der Waals surface area contributed by atoms with Crippen LogP contribution in [0.5, 0.6) is 0 Å². The summed E-state index contributed by atoms with van der Waals surface area (Å²) in [6.45, 7) is 4.57. The molecule has 1 fully saturated rings. The molecule has 0 saturated carbocycles. The molecule has 3 heterocycles. The fourth-order valence-corrected chi connectivity index (χ4v) is 2.73. The van der Waals surface area contributed by atoms with Crippen LogP contribution >= 0.6 is 0 Å². The number of aromatic nitrogens is 3. The van der Waals surface area contributed by atoms with Crippen molar-refractivity contribution in [1.82, 2.24) is 20.3 Å². The molecule has 2 aromatic rings. The summed E-state index contributed by atoms with van der Waals surface area (Å²) < 4.78 is 5.59. The zero-order valence-electron chi connectivity index (χ0n) is 12.1. The highest BCUT2D eigenvalue weighted by molar-refractivity contribution is 5.92. The normalized spacial score (nSPS) is 22.0. The van der Waals surface area contributed by atoms with E-state index in [1.54, 1.807) is 11.0 Å². The molecular formula is C14H18N4O3. The number of aryl methyl sites for hydroxylation is 2. The fraction of sp³-hybridized carbons (Fsp3) is 0.500. The van der Waals surface area contributed by atoms with Gasteiger partial charge in [0.25, 0.3) is 5.91 Å². The first kappa shape index (κ1) is 13.8. The average Bonchev–Trinajstić information content (AvgIpc) is 3.17. The van der Waals surface area contributed by atoms with Crippen LogP contribution in [0.2, 0.25) is 0 Å². The quantitative estimate of drug-likeness (QED) is 0.879. The molecule has 2 aromatic heterocycles. The summed E-state index contributed by atoms with van der Waals surface area (Å²) in [5.74, 6) is 0.954. The maximum absolute atomic E-state index is 12.5. The third kappa shape index (κ3) is 2.33. The summed E-state index contributed by atoms with van der Waals surface area (Å²) in [7, 11) is 0. The van der Waals surface area contributed by atoms with E-state index in [4.69, 9.17) is 4.42 Å². The van der Waals surface area contributed by atoms with E-state index in [1.165, 1.54) is 6.20 Å². The SMILES string of the molecule is CCc1oc(C(=O)N2CC[C@](O)(c3cn[nH]n3)C2)cc1C. The lowest BCUT2D eigenvalue weighted by Crippen LogP contribution is -2.34. The van der Waals surface area contributed by atoms with Gasteiger partial charge in [-0.1, -0.05) is 6.92 Å². The first-order valence-corrected chi connectivity index (χ1v) is 7.00. The van der Waals surface area contributed by atoms with Crippen molar-refractivity contribution < 1.29 is 14.3 Å². The summed E-state index contributed by atoms with van der Waals surface area (Å²) in [6, 6.07) is 1.76. The molecule has 1 aliphatic rings. The largest absolute Gasteiger partial charge is 0.456 e. The first-order valence-electron chi connectivity index (χ1n) is 7.00. The third-order valence-electron chi connectivity index (χ3n) is 3.98. The molecule has 1 aliphatic heterocycles. The van der Waals surface area contributed by atoms with Gasteiger partial charge in [-0.15, -0.1) is 0 Å². The highest BCUT2D eigenvalue weighted by Crippen LogP contribution is 2.31. The van der Waals surface area contributed by atoms with E-state index in [9.17, 15) is 9.90 Å². The van der Waals surface area contributed by atoms with Crippen molar-refractivity contribution in [2.24, 2.45) is 0 Å². The van der Waals surface area contributed by atoms with Crippen molar-refractivity contribution in [2.75, 3.05) is 13.1 Å². The molecule has 0 aliphatic carbocycles. The van der Waals surface area contributed by atoms with Gasteiger partial charge >= 0.3 is 0 Å². The highest BCUT2D eigenvalue weighted by Gasteiger charge is 2.42. The van der Waals surface area contributed by atoms with E-state index in [0.717, 1.165) is 17.7 Å². The van der Waals surface area contributed by atoms with Crippen molar-refractivity contribution >= 4 is 5.91 Å². The maximum atomic E-state index is 12.5. The van der Waals surface area contributed by atoms with Gasteiger partial charge in [0.05, 0.1) is 12.7 Å². The number of β-amino-alcohol motifs (C(OH)–C–C–N with tert-alkyl or cyclic N) is 1. The third-order valence-corrected chi connectivity index (χ3v) is 3.98. The van der Waals surface area contributed by atoms with Gasteiger partial charge in [-0.25, -0.2) is 0 Å². The number of aromatic amines is 1. The molecule has 2 N–H and O–H groups in total. The molecule has 1 atom stereocenters. The Kier molecular flexibility index (Phi) is 3.29. The molecule has 0 spiro atoms. The lowest BCUT2D eigenvalue weighted by molar-refractivity contribution is 0.0373. The van der Waals surface area contributed by atoms with Crippen LogP contribution in [0.4, 0.5) is 0 Å². The van der Waals surface area contributed by atoms with Crippen molar-refractivity contribution in [1.29, 1.82) is 0 Å². The van der Waals surface area contributed by atoms with Crippen LogP contribution in [0, 0.1) is 6.92 Å². The Morgan fingerprint density at radius 2 is 2.43 bits per heavy atom. The van der Waals surface area contributed by atoms with Gasteiger partial charge < -0.3 is 14.4 Å². The van der Waals surface area contributed by atoms with Gasteiger partial charge in [0.15, 0.2) is 5.76 Å². The number of hydrogen-bond donors (Lipinski definition) is 2. The molecule has 112 valence electrons. The second-order valence-electron chi connectivity index (χ2n) is 5.43. The molecule has 0 radical (unpaired) electrons. The van der Waals surface area contributed by atoms with Crippen LogP contribution < -0.4 is 0 Å². The Balaban J connectivity index is 1.78. The van der Waals surface area contributed by atoms with E-state index in [1.807, 2.05) is 13.8 Å². The zero-order chi connectivity index (χ0) is 15.0. The number of amides is 1. The van der Waals surface area contributed by atoms with Gasteiger partial charge in [0.1, 0.15) is 17.1 Å². The van der Waals surface area contributed by atoms with E-state index in [0.29, 0.717) is 24.4 Å². The Labute approximate surface area is 121 Å². The smallest absolute Gasteiger partial charge is 0.289 e. The minimum atomic E-state index is -1.14. The van der Waals surface area contributed by atoms with Gasteiger partial charge in [-0.3, -0.25) is 4.79 Å². The Hall–Kier alpha value is -2.15.